The van der Waals surface area contributed by atoms with Crippen LogP contribution in [-0.2, 0) is 13.1 Å². The largest absolute Gasteiger partial charge is 0.318 e. The van der Waals surface area contributed by atoms with Crippen molar-refractivity contribution >= 4 is 5.91 Å². The fourth-order valence-electron chi connectivity index (χ4n) is 3.21. The molecule has 1 fully saturated rings. The molecule has 1 aromatic heterocycles. The first-order valence-electron chi connectivity index (χ1n) is 8.20. The minimum atomic E-state index is 0.0541. The Bertz CT molecular complexity index is 698. The second-order valence-electron chi connectivity index (χ2n) is 6.45. The van der Waals surface area contributed by atoms with Gasteiger partial charge in [-0.25, -0.2) is 4.98 Å². The molecule has 0 saturated heterocycles. The smallest absolute Gasteiger partial charge is 0.291 e. The van der Waals surface area contributed by atoms with Crippen molar-refractivity contribution < 1.29 is 4.79 Å². The first kappa shape index (κ1) is 13.6. The van der Waals surface area contributed by atoms with Crippen molar-refractivity contribution in [1.29, 1.82) is 0 Å². The van der Waals surface area contributed by atoms with Crippen LogP contribution in [0.1, 0.15) is 42.4 Å². The zero-order valence-electron chi connectivity index (χ0n) is 13.0. The van der Waals surface area contributed by atoms with E-state index in [2.05, 4.69) is 36.2 Å². The Balaban J connectivity index is 1.59. The second-order valence-corrected chi connectivity index (χ2v) is 6.45. The van der Waals surface area contributed by atoms with Crippen LogP contribution in [0, 0.1) is 5.92 Å². The molecule has 1 aliphatic carbocycles. The lowest BCUT2D eigenvalue weighted by atomic mass is 10.1. The van der Waals surface area contributed by atoms with Crippen LogP contribution in [0.3, 0.4) is 0 Å². The van der Waals surface area contributed by atoms with Gasteiger partial charge in [0.15, 0.2) is 0 Å². The van der Waals surface area contributed by atoms with Gasteiger partial charge in [0.1, 0.15) is 0 Å². The number of fused-ring (bicyclic) bond motifs is 1. The molecular formula is C18H21N3O. The number of amides is 1. The van der Waals surface area contributed by atoms with Crippen molar-refractivity contribution in [3.63, 3.8) is 0 Å². The lowest BCUT2D eigenvalue weighted by Gasteiger charge is -2.14. The number of carbonyl (C=O) groups is 1. The average molecular weight is 295 g/mol. The summed E-state index contributed by atoms with van der Waals surface area (Å²) in [6.45, 7) is 3.51. The third kappa shape index (κ3) is 2.32. The summed E-state index contributed by atoms with van der Waals surface area (Å²) in [6, 6.07) is 8.76. The van der Waals surface area contributed by atoms with Gasteiger partial charge in [0.2, 0.25) is 5.82 Å². The number of carbonyl (C=O) groups excluding carboxylic acids is 1. The van der Waals surface area contributed by atoms with E-state index in [1.165, 1.54) is 24.8 Å². The number of benzene rings is 1. The minimum Gasteiger partial charge on any atom is -0.318 e. The first-order valence-corrected chi connectivity index (χ1v) is 8.20. The van der Waals surface area contributed by atoms with Gasteiger partial charge in [-0.15, -0.1) is 0 Å². The molecule has 2 heterocycles. The molecule has 2 aromatic rings. The highest BCUT2D eigenvalue weighted by Gasteiger charge is 2.30. The molecular weight excluding hydrogens is 274 g/mol. The van der Waals surface area contributed by atoms with Crippen molar-refractivity contribution in [2.75, 3.05) is 6.54 Å². The molecule has 0 N–H and O–H groups in total. The van der Waals surface area contributed by atoms with E-state index in [0.717, 1.165) is 30.1 Å². The molecule has 1 aromatic carbocycles. The SMILES string of the molecule is CCCN1Cn2c(-c3ccc(CC4CC4)cc3)cnc2C1=O. The van der Waals surface area contributed by atoms with E-state index in [9.17, 15) is 4.79 Å². The summed E-state index contributed by atoms with van der Waals surface area (Å²) in [7, 11) is 0. The van der Waals surface area contributed by atoms with Crippen LogP contribution in [0.4, 0.5) is 0 Å². The molecule has 4 nitrogen and oxygen atoms in total. The summed E-state index contributed by atoms with van der Waals surface area (Å²) in [6.07, 6.45) is 6.77. The van der Waals surface area contributed by atoms with Crippen molar-refractivity contribution in [3.05, 3.63) is 41.9 Å². The predicted molar refractivity (Wildman–Crippen MR) is 85.4 cm³/mol. The van der Waals surface area contributed by atoms with Crippen molar-refractivity contribution in [2.45, 2.75) is 39.3 Å². The van der Waals surface area contributed by atoms with E-state index < -0.39 is 0 Å². The Morgan fingerprint density at radius 1 is 1.23 bits per heavy atom. The van der Waals surface area contributed by atoms with Gasteiger partial charge in [0.05, 0.1) is 18.6 Å². The third-order valence-electron chi connectivity index (χ3n) is 4.61. The molecule has 2 aliphatic rings. The maximum Gasteiger partial charge on any atom is 0.291 e. The molecule has 0 unspecified atom stereocenters. The van der Waals surface area contributed by atoms with E-state index in [-0.39, 0.29) is 5.91 Å². The molecule has 114 valence electrons. The lowest BCUT2D eigenvalue weighted by Crippen LogP contribution is -2.25. The lowest BCUT2D eigenvalue weighted by molar-refractivity contribution is 0.0766. The fraction of sp³-hybridized carbons (Fsp3) is 0.444. The number of imidazole rings is 1. The molecule has 0 spiro atoms. The van der Waals surface area contributed by atoms with E-state index in [0.29, 0.717) is 12.5 Å². The van der Waals surface area contributed by atoms with Crippen molar-refractivity contribution in [3.8, 4) is 11.3 Å². The maximum atomic E-state index is 12.3. The highest BCUT2D eigenvalue weighted by molar-refractivity contribution is 5.93. The summed E-state index contributed by atoms with van der Waals surface area (Å²) in [5.41, 5.74) is 3.60. The van der Waals surface area contributed by atoms with Gasteiger partial charge in [-0.3, -0.25) is 4.79 Å². The molecule has 0 bridgehead atoms. The number of hydrogen-bond donors (Lipinski definition) is 0. The van der Waals surface area contributed by atoms with Crippen LogP contribution in [0.5, 0.6) is 0 Å². The third-order valence-corrected chi connectivity index (χ3v) is 4.61. The molecule has 1 saturated carbocycles. The fourth-order valence-corrected chi connectivity index (χ4v) is 3.21. The second kappa shape index (κ2) is 5.27. The Labute approximate surface area is 130 Å². The van der Waals surface area contributed by atoms with Gasteiger partial charge in [0.25, 0.3) is 5.91 Å². The van der Waals surface area contributed by atoms with Crippen LogP contribution in [0.25, 0.3) is 11.3 Å². The molecule has 4 heteroatoms. The quantitative estimate of drug-likeness (QED) is 0.848. The maximum absolute atomic E-state index is 12.3. The van der Waals surface area contributed by atoms with E-state index in [1.54, 1.807) is 0 Å². The molecule has 1 amide bonds. The summed E-state index contributed by atoms with van der Waals surface area (Å²) >= 11 is 0. The summed E-state index contributed by atoms with van der Waals surface area (Å²) in [5.74, 6) is 1.54. The molecule has 0 radical (unpaired) electrons. The topological polar surface area (TPSA) is 38.1 Å². The van der Waals surface area contributed by atoms with Crippen molar-refractivity contribution in [1.82, 2.24) is 14.5 Å². The Morgan fingerprint density at radius 2 is 2.00 bits per heavy atom. The summed E-state index contributed by atoms with van der Waals surface area (Å²) in [5, 5.41) is 0. The zero-order chi connectivity index (χ0) is 15.1. The normalized spacial score (nSPS) is 17.1. The van der Waals surface area contributed by atoms with Crippen LogP contribution < -0.4 is 0 Å². The van der Waals surface area contributed by atoms with Gasteiger partial charge < -0.3 is 9.47 Å². The zero-order valence-corrected chi connectivity index (χ0v) is 13.0. The van der Waals surface area contributed by atoms with Gasteiger partial charge in [0, 0.05) is 6.54 Å². The van der Waals surface area contributed by atoms with Crippen LogP contribution >= 0.6 is 0 Å². The standard InChI is InChI=1S/C18H21N3O/c1-2-9-20-12-21-16(11-19-17(21)18(20)22)15-7-5-14(6-8-15)10-13-3-4-13/h5-8,11,13H,2-4,9-10,12H2,1H3. The predicted octanol–water partition coefficient (Wildman–Crippen LogP) is 3.33. The molecule has 22 heavy (non-hydrogen) atoms. The number of nitrogens with zero attached hydrogens (tertiary/aromatic N) is 3. The Morgan fingerprint density at radius 3 is 2.68 bits per heavy atom. The number of hydrogen-bond acceptors (Lipinski definition) is 2. The number of aromatic nitrogens is 2. The van der Waals surface area contributed by atoms with Gasteiger partial charge in [-0.05, 0) is 42.7 Å². The monoisotopic (exact) mass is 295 g/mol. The molecule has 0 atom stereocenters. The van der Waals surface area contributed by atoms with Crippen molar-refractivity contribution in [2.24, 2.45) is 5.92 Å². The van der Waals surface area contributed by atoms with Crippen LogP contribution in [-0.4, -0.2) is 26.9 Å². The van der Waals surface area contributed by atoms with Gasteiger partial charge in [-0.2, -0.15) is 0 Å². The number of rotatable bonds is 5. The summed E-state index contributed by atoms with van der Waals surface area (Å²) in [4.78, 5) is 18.5. The van der Waals surface area contributed by atoms with Crippen LogP contribution in [0.2, 0.25) is 0 Å². The van der Waals surface area contributed by atoms with E-state index in [4.69, 9.17) is 0 Å². The van der Waals surface area contributed by atoms with E-state index in [1.807, 2.05) is 15.7 Å². The van der Waals surface area contributed by atoms with Crippen LogP contribution in [0.15, 0.2) is 30.5 Å². The minimum absolute atomic E-state index is 0.0541. The highest BCUT2D eigenvalue weighted by Crippen LogP contribution is 2.33. The first-order chi connectivity index (χ1) is 10.8. The highest BCUT2D eigenvalue weighted by atomic mass is 16.2. The average Bonchev–Trinajstić information content (AvgIpc) is 3.16. The van der Waals surface area contributed by atoms with Gasteiger partial charge in [-0.1, -0.05) is 31.2 Å². The Kier molecular flexibility index (Phi) is 3.25. The van der Waals surface area contributed by atoms with E-state index >= 15 is 0 Å². The molecule has 4 rings (SSSR count). The van der Waals surface area contributed by atoms with Gasteiger partial charge >= 0.3 is 0 Å². The Hall–Kier alpha value is -2.10. The molecule has 1 aliphatic heterocycles. The summed E-state index contributed by atoms with van der Waals surface area (Å²) < 4.78 is 2.04.